The van der Waals surface area contributed by atoms with Crippen molar-refractivity contribution in [1.29, 1.82) is 0 Å². The summed E-state index contributed by atoms with van der Waals surface area (Å²) in [5.41, 5.74) is 2.26. The van der Waals surface area contributed by atoms with Crippen molar-refractivity contribution in [1.82, 2.24) is 10.1 Å². The lowest BCUT2D eigenvalue weighted by Gasteiger charge is -2.23. The van der Waals surface area contributed by atoms with E-state index in [2.05, 4.69) is 36.2 Å². The molecule has 0 radical (unpaired) electrons. The van der Waals surface area contributed by atoms with E-state index >= 15 is 0 Å². The minimum atomic E-state index is 0.403. The van der Waals surface area contributed by atoms with Crippen LogP contribution in [0.4, 0.5) is 0 Å². The zero-order chi connectivity index (χ0) is 16.9. The van der Waals surface area contributed by atoms with Gasteiger partial charge in [-0.05, 0) is 49.5 Å². The number of benzene rings is 1. The van der Waals surface area contributed by atoms with Crippen LogP contribution in [0.5, 0.6) is 5.75 Å². The van der Waals surface area contributed by atoms with E-state index in [0.29, 0.717) is 6.04 Å². The van der Waals surface area contributed by atoms with Crippen LogP contribution < -0.4 is 4.74 Å². The van der Waals surface area contributed by atoms with Crippen LogP contribution in [0.1, 0.15) is 18.2 Å². The van der Waals surface area contributed by atoms with E-state index in [1.807, 2.05) is 35.7 Å². The third-order valence-corrected chi connectivity index (χ3v) is 5.06. The fourth-order valence-corrected chi connectivity index (χ4v) is 3.26. The predicted octanol–water partition coefficient (Wildman–Crippen LogP) is 4.47. The Labute approximate surface area is 146 Å². The number of methoxy groups -OCH3 is 1. The van der Waals surface area contributed by atoms with Crippen molar-refractivity contribution in [3.63, 3.8) is 0 Å². The molecule has 5 heteroatoms. The van der Waals surface area contributed by atoms with Crippen molar-refractivity contribution < 1.29 is 9.26 Å². The van der Waals surface area contributed by atoms with Gasteiger partial charge in [-0.2, -0.15) is 0 Å². The van der Waals surface area contributed by atoms with Crippen LogP contribution >= 0.6 is 11.3 Å². The molecule has 24 heavy (non-hydrogen) atoms. The molecule has 2 heterocycles. The lowest BCUT2D eigenvalue weighted by molar-refractivity contribution is 0.240. The highest BCUT2D eigenvalue weighted by molar-refractivity contribution is 7.13. The summed E-state index contributed by atoms with van der Waals surface area (Å²) < 4.78 is 10.7. The first-order chi connectivity index (χ1) is 11.7. The van der Waals surface area contributed by atoms with E-state index < -0.39 is 0 Å². The molecule has 0 amide bonds. The smallest absolute Gasteiger partial charge is 0.177 e. The van der Waals surface area contributed by atoms with E-state index in [1.165, 1.54) is 5.56 Å². The molecule has 0 aliphatic heterocycles. The molecule has 0 saturated carbocycles. The number of ether oxygens (including phenoxy) is 1. The molecule has 126 valence electrons. The summed E-state index contributed by atoms with van der Waals surface area (Å²) in [6.45, 7) is 3.00. The van der Waals surface area contributed by atoms with Gasteiger partial charge in [0.25, 0.3) is 0 Å². The summed E-state index contributed by atoms with van der Waals surface area (Å²) >= 11 is 1.66. The maximum Gasteiger partial charge on any atom is 0.177 e. The molecular weight excluding hydrogens is 320 g/mol. The van der Waals surface area contributed by atoms with Crippen molar-refractivity contribution >= 4 is 11.3 Å². The molecule has 0 aliphatic rings. The molecule has 0 spiro atoms. The van der Waals surface area contributed by atoms with Crippen LogP contribution in [0, 0.1) is 0 Å². The third-order valence-electron chi connectivity index (χ3n) is 4.18. The van der Waals surface area contributed by atoms with Crippen LogP contribution in [0.15, 0.2) is 52.4 Å². The Balaban J connectivity index is 1.58. The average Bonchev–Trinajstić information content (AvgIpc) is 3.26. The minimum absolute atomic E-state index is 0.403. The quantitative estimate of drug-likeness (QED) is 0.635. The number of thiophene rings is 1. The number of hydrogen-bond acceptors (Lipinski definition) is 5. The van der Waals surface area contributed by atoms with Crippen molar-refractivity contribution in [2.24, 2.45) is 0 Å². The van der Waals surface area contributed by atoms with Gasteiger partial charge in [0.15, 0.2) is 5.76 Å². The lowest BCUT2D eigenvalue weighted by atomic mass is 10.1. The van der Waals surface area contributed by atoms with Gasteiger partial charge in [0.1, 0.15) is 5.75 Å². The van der Waals surface area contributed by atoms with Crippen molar-refractivity contribution in [2.75, 3.05) is 14.2 Å². The SMILES string of the molecule is COc1ccc(CC(C)N(C)Cc2cc(-c3cccs3)on2)cc1. The predicted molar refractivity (Wildman–Crippen MR) is 97.4 cm³/mol. The van der Waals surface area contributed by atoms with E-state index in [0.717, 1.165) is 35.0 Å². The molecule has 1 aromatic carbocycles. The van der Waals surface area contributed by atoms with Crippen LogP contribution in [0.25, 0.3) is 10.6 Å². The Kier molecular flexibility index (Phi) is 5.33. The van der Waals surface area contributed by atoms with E-state index in [-0.39, 0.29) is 0 Å². The lowest BCUT2D eigenvalue weighted by Crippen LogP contribution is -2.30. The zero-order valence-corrected chi connectivity index (χ0v) is 15.0. The van der Waals surface area contributed by atoms with Crippen LogP contribution in [-0.2, 0) is 13.0 Å². The zero-order valence-electron chi connectivity index (χ0n) is 14.2. The molecule has 0 saturated heterocycles. The van der Waals surface area contributed by atoms with Gasteiger partial charge in [-0.25, -0.2) is 0 Å². The van der Waals surface area contributed by atoms with Gasteiger partial charge < -0.3 is 9.26 Å². The fraction of sp³-hybridized carbons (Fsp3) is 0.316. The third kappa shape index (κ3) is 4.04. The summed E-state index contributed by atoms with van der Waals surface area (Å²) in [5, 5.41) is 6.24. The second kappa shape index (κ2) is 7.64. The van der Waals surface area contributed by atoms with Gasteiger partial charge in [-0.15, -0.1) is 11.3 Å². The first kappa shape index (κ1) is 16.7. The Bertz CT molecular complexity index is 750. The highest BCUT2D eigenvalue weighted by Gasteiger charge is 2.14. The van der Waals surface area contributed by atoms with E-state index in [4.69, 9.17) is 9.26 Å². The summed E-state index contributed by atoms with van der Waals surface area (Å²) in [6, 6.07) is 14.8. The standard InChI is InChI=1S/C19H22N2O2S/c1-14(11-15-6-8-17(22-3)9-7-15)21(2)13-16-12-18(23-20-16)19-5-4-10-24-19/h4-10,12,14H,11,13H2,1-3H3. The van der Waals surface area contributed by atoms with E-state index in [9.17, 15) is 0 Å². The number of aromatic nitrogens is 1. The molecule has 0 N–H and O–H groups in total. The van der Waals surface area contributed by atoms with Crippen molar-refractivity contribution in [2.45, 2.75) is 25.9 Å². The maximum absolute atomic E-state index is 5.45. The molecule has 2 aromatic heterocycles. The summed E-state index contributed by atoms with van der Waals surface area (Å²) in [5.74, 6) is 1.74. The highest BCUT2D eigenvalue weighted by Crippen LogP contribution is 2.25. The van der Waals surface area contributed by atoms with Crippen LogP contribution in [-0.4, -0.2) is 30.3 Å². The summed E-state index contributed by atoms with van der Waals surface area (Å²) in [4.78, 5) is 3.41. The molecule has 1 atom stereocenters. The molecular formula is C19H22N2O2S. The number of rotatable bonds is 7. The summed E-state index contributed by atoms with van der Waals surface area (Å²) in [6.07, 6.45) is 0.982. The topological polar surface area (TPSA) is 38.5 Å². The molecule has 0 aliphatic carbocycles. The minimum Gasteiger partial charge on any atom is -0.497 e. The van der Waals surface area contributed by atoms with Gasteiger partial charge in [-0.3, -0.25) is 4.90 Å². The molecule has 0 fully saturated rings. The molecule has 1 unspecified atom stereocenters. The van der Waals surface area contributed by atoms with Crippen molar-refractivity contribution in [3.8, 4) is 16.4 Å². The van der Waals surface area contributed by atoms with Crippen LogP contribution in [0.3, 0.4) is 0 Å². The number of hydrogen-bond donors (Lipinski definition) is 0. The highest BCUT2D eigenvalue weighted by atomic mass is 32.1. The molecule has 3 aromatic rings. The Morgan fingerprint density at radius 2 is 2.04 bits per heavy atom. The normalized spacial score (nSPS) is 12.5. The van der Waals surface area contributed by atoms with E-state index in [1.54, 1.807) is 18.4 Å². The van der Waals surface area contributed by atoms with Gasteiger partial charge >= 0.3 is 0 Å². The maximum atomic E-state index is 5.45. The second-order valence-corrected chi connectivity index (χ2v) is 6.92. The fourth-order valence-electron chi connectivity index (χ4n) is 2.59. The van der Waals surface area contributed by atoms with Crippen molar-refractivity contribution in [3.05, 3.63) is 59.1 Å². The first-order valence-corrected chi connectivity index (χ1v) is 8.86. The second-order valence-electron chi connectivity index (χ2n) is 5.98. The van der Waals surface area contributed by atoms with Crippen LogP contribution in [0.2, 0.25) is 0 Å². The Hall–Kier alpha value is -2.11. The van der Waals surface area contributed by atoms with Gasteiger partial charge in [0.2, 0.25) is 0 Å². The number of likely N-dealkylation sites (N-methyl/N-ethyl adjacent to an activating group) is 1. The van der Waals surface area contributed by atoms with Gasteiger partial charge in [-0.1, -0.05) is 23.4 Å². The largest absolute Gasteiger partial charge is 0.497 e. The first-order valence-electron chi connectivity index (χ1n) is 7.98. The Morgan fingerprint density at radius 3 is 2.71 bits per heavy atom. The molecule has 4 nitrogen and oxygen atoms in total. The average molecular weight is 342 g/mol. The van der Waals surface area contributed by atoms with Gasteiger partial charge in [0.05, 0.1) is 17.7 Å². The monoisotopic (exact) mass is 342 g/mol. The molecule has 0 bridgehead atoms. The van der Waals surface area contributed by atoms with Gasteiger partial charge in [0, 0.05) is 18.7 Å². The molecule has 3 rings (SSSR count). The number of nitrogens with zero attached hydrogens (tertiary/aromatic N) is 2. The Morgan fingerprint density at radius 1 is 1.25 bits per heavy atom. The summed E-state index contributed by atoms with van der Waals surface area (Å²) in [7, 11) is 3.81.